The van der Waals surface area contributed by atoms with Gasteiger partial charge in [0.15, 0.2) is 5.82 Å². The molecule has 0 aliphatic carbocycles. The average molecular weight is 299 g/mol. The standard InChI is InChI=1S/C11H17N5O3S/c1-2-15(7-8-17)20(18,19)11-10(14-12)13-9-5-3-4-6-16(9)11/h3-6,14,17H,2,7-8,12H2,1H3. The molecule has 0 aliphatic rings. The summed E-state index contributed by atoms with van der Waals surface area (Å²) in [6, 6.07) is 5.14. The first-order chi connectivity index (χ1) is 9.56. The lowest BCUT2D eigenvalue weighted by Gasteiger charge is -2.19. The lowest BCUT2D eigenvalue weighted by molar-refractivity contribution is 0.256. The fourth-order valence-corrected chi connectivity index (χ4v) is 3.65. The van der Waals surface area contributed by atoms with Crippen molar-refractivity contribution in [1.82, 2.24) is 13.7 Å². The van der Waals surface area contributed by atoms with Crippen molar-refractivity contribution in [3.8, 4) is 0 Å². The maximum atomic E-state index is 12.7. The summed E-state index contributed by atoms with van der Waals surface area (Å²) in [5.41, 5.74) is 2.78. The van der Waals surface area contributed by atoms with Crippen molar-refractivity contribution in [2.45, 2.75) is 11.9 Å². The van der Waals surface area contributed by atoms with Gasteiger partial charge >= 0.3 is 0 Å². The van der Waals surface area contributed by atoms with Gasteiger partial charge in [-0.3, -0.25) is 4.40 Å². The van der Waals surface area contributed by atoms with Crippen LogP contribution in [-0.4, -0.2) is 46.9 Å². The predicted molar refractivity (Wildman–Crippen MR) is 74.5 cm³/mol. The third-order valence-corrected chi connectivity index (χ3v) is 4.91. The van der Waals surface area contributed by atoms with Crippen molar-refractivity contribution in [3.05, 3.63) is 24.4 Å². The lowest BCUT2D eigenvalue weighted by Crippen LogP contribution is -2.34. The minimum absolute atomic E-state index is 0.0168. The fraction of sp³-hybridized carbons (Fsp3) is 0.364. The number of hydrogen-bond donors (Lipinski definition) is 3. The van der Waals surface area contributed by atoms with Gasteiger partial charge in [-0.2, -0.15) is 4.31 Å². The van der Waals surface area contributed by atoms with Crippen LogP contribution in [0.5, 0.6) is 0 Å². The molecule has 0 bridgehead atoms. The molecule has 0 atom stereocenters. The molecule has 0 fully saturated rings. The minimum atomic E-state index is -3.81. The Morgan fingerprint density at radius 3 is 2.85 bits per heavy atom. The number of hydrogen-bond acceptors (Lipinski definition) is 6. The molecule has 0 unspecified atom stereocenters. The number of aliphatic hydroxyl groups is 1. The summed E-state index contributed by atoms with van der Waals surface area (Å²) in [4.78, 5) is 4.13. The van der Waals surface area contributed by atoms with E-state index >= 15 is 0 Å². The minimum Gasteiger partial charge on any atom is -0.395 e. The first kappa shape index (κ1) is 14.7. The van der Waals surface area contributed by atoms with Gasteiger partial charge in [-0.15, -0.1) is 0 Å². The van der Waals surface area contributed by atoms with Crippen LogP contribution in [0.25, 0.3) is 5.65 Å². The van der Waals surface area contributed by atoms with Crippen LogP contribution in [0, 0.1) is 0 Å². The van der Waals surface area contributed by atoms with Crippen LogP contribution >= 0.6 is 0 Å². The summed E-state index contributed by atoms with van der Waals surface area (Å²) in [7, 11) is -3.81. The Morgan fingerprint density at radius 1 is 1.50 bits per heavy atom. The van der Waals surface area contributed by atoms with Gasteiger partial charge in [-0.1, -0.05) is 13.0 Å². The molecule has 0 saturated carbocycles. The monoisotopic (exact) mass is 299 g/mol. The van der Waals surface area contributed by atoms with Gasteiger partial charge in [-0.25, -0.2) is 19.2 Å². The number of aliphatic hydroxyl groups excluding tert-OH is 1. The number of aromatic nitrogens is 2. The van der Waals surface area contributed by atoms with Gasteiger partial charge in [0.2, 0.25) is 5.03 Å². The van der Waals surface area contributed by atoms with Gasteiger partial charge in [0.05, 0.1) is 6.61 Å². The highest BCUT2D eigenvalue weighted by molar-refractivity contribution is 7.89. The zero-order valence-electron chi connectivity index (χ0n) is 11.0. The number of pyridine rings is 1. The van der Waals surface area contributed by atoms with Crippen molar-refractivity contribution < 1.29 is 13.5 Å². The summed E-state index contributed by atoms with van der Waals surface area (Å²) < 4.78 is 28.0. The maximum Gasteiger partial charge on any atom is 0.263 e. The molecule has 8 nitrogen and oxygen atoms in total. The largest absolute Gasteiger partial charge is 0.395 e. The van der Waals surface area contributed by atoms with E-state index in [9.17, 15) is 8.42 Å². The van der Waals surface area contributed by atoms with Crippen LogP contribution in [-0.2, 0) is 10.0 Å². The Bertz CT molecular complexity index is 697. The number of fused-ring (bicyclic) bond motifs is 1. The Labute approximate surface area is 116 Å². The highest BCUT2D eigenvalue weighted by atomic mass is 32.2. The smallest absolute Gasteiger partial charge is 0.263 e. The molecule has 2 aromatic heterocycles. The molecule has 2 aromatic rings. The van der Waals surface area contributed by atoms with E-state index in [-0.39, 0.29) is 30.5 Å². The summed E-state index contributed by atoms with van der Waals surface area (Å²) in [6.45, 7) is 1.71. The van der Waals surface area contributed by atoms with Crippen LogP contribution in [0.15, 0.2) is 29.4 Å². The average Bonchev–Trinajstić information content (AvgIpc) is 2.83. The normalized spacial score (nSPS) is 12.2. The molecule has 9 heteroatoms. The quantitative estimate of drug-likeness (QED) is 0.495. The van der Waals surface area contributed by atoms with Crippen molar-refractivity contribution in [2.75, 3.05) is 25.1 Å². The van der Waals surface area contributed by atoms with E-state index in [4.69, 9.17) is 10.9 Å². The van der Waals surface area contributed by atoms with E-state index in [1.54, 1.807) is 31.3 Å². The molecule has 0 amide bonds. The van der Waals surface area contributed by atoms with Crippen molar-refractivity contribution in [1.29, 1.82) is 0 Å². The molecule has 20 heavy (non-hydrogen) atoms. The molecular weight excluding hydrogens is 282 g/mol. The Hall–Kier alpha value is -1.68. The molecule has 0 aromatic carbocycles. The number of nitrogen functional groups attached to an aromatic ring is 1. The van der Waals surface area contributed by atoms with Gasteiger partial charge < -0.3 is 10.5 Å². The molecule has 2 rings (SSSR count). The van der Waals surface area contributed by atoms with Crippen molar-refractivity contribution >= 4 is 21.5 Å². The van der Waals surface area contributed by atoms with Crippen LogP contribution < -0.4 is 11.3 Å². The van der Waals surface area contributed by atoms with E-state index in [1.807, 2.05) is 0 Å². The molecule has 0 aliphatic heterocycles. The predicted octanol–water partition coefficient (Wildman–Crippen LogP) is -0.377. The van der Waals surface area contributed by atoms with E-state index in [2.05, 4.69) is 10.4 Å². The number of rotatable bonds is 6. The molecule has 110 valence electrons. The second-order valence-electron chi connectivity index (χ2n) is 4.06. The Morgan fingerprint density at radius 2 is 2.25 bits per heavy atom. The maximum absolute atomic E-state index is 12.7. The zero-order valence-corrected chi connectivity index (χ0v) is 11.8. The molecule has 4 N–H and O–H groups in total. The van der Waals surface area contributed by atoms with Crippen LogP contribution in [0.1, 0.15) is 6.92 Å². The molecule has 0 spiro atoms. The third-order valence-electron chi connectivity index (χ3n) is 2.91. The molecule has 2 heterocycles. The van der Waals surface area contributed by atoms with Crippen LogP contribution in [0.4, 0.5) is 5.82 Å². The highest BCUT2D eigenvalue weighted by Crippen LogP contribution is 2.25. The van der Waals surface area contributed by atoms with Gasteiger partial charge in [0, 0.05) is 19.3 Å². The number of anilines is 1. The number of imidazole rings is 1. The van der Waals surface area contributed by atoms with Gasteiger partial charge in [0.1, 0.15) is 5.65 Å². The summed E-state index contributed by atoms with van der Waals surface area (Å²) in [5, 5.41) is 8.96. The fourth-order valence-electron chi connectivity index (χ4n) is 2.00. The van der Waals surface area contributed by atoms with Crippen molar-refractivity contribution in [2.24, 2.45) is 5.84 Å². The number of likely N-dealkylation sites (N-methyl/N-ethyl adjacent to an activating group) is 1. The summed E-state index contributed by atoms with van der Waals surface area (Å²) in [6.07, 6.45) is 1.60. The molecule has 0 radical (unpaired) electrons. The van der Waals surface area contributed by atoms with Crippen molar-refractivity contribution in [3.63, 3.8) is 0 Å². The number of hydrazine groups is 1. The third kappa shape index (κ3) is 2.36. The van der Waals surface area contributed by atoms with Gasteiger partial charge in [-0.05, 0) is 12.1 Å². The Kier molecular flexibility index (Phi) is 4.23. The van der Waals surface area contributed by atoms with Gasteiger partial charge in [0.25, 0.3) is 10.0 Å². The second-order valence-corrected chi connectivity index (χ2v) is 5.91. The van der Waals surface area contributed by atoms with E-state index in [0.717, 1.165) is 0 Å². The van der Waals surface area contributed by atoms with E-state index in [0.29, 0.717) is 5.65 Å². The topological polar surface area (TPSA) is 113 Å². The summed E-state index contributed by atoms with van der Waals surface area (Å²) >= 11 is 0. The molecular formula is C11H17N5O3S. The second kappa shape index (κ2) is 5.75. The van der Waals surface area contributed by atoms with E-state index in [1.165, 1.54) is 8.71 Å². The van der Waals surface area contributed by atoms with E-state index < -0.39 is 10.0 Å². The number of sulfonamides is 1. The Balaban J connectivity index is 2.66. The number of nitrogens with one attached hydrogen (secondary N) is 1. The number of nitrogens with zero attached hydrogens (tertiary/aromatic N) is 3. The lowest BCUT2D eigenvalue weighted by atomic mass is 10.5. The first-order valence-corrected chi connectivity index (χ1v) is 7.55. The highest BCUT2D eigenvalue weighted by Gasteiger charge is 2.30. The first-order valence-electron chi connectivity index (χ1n) is 6.11. The SMILES string of the molecule is CCN(CCO)S(=O)(=O)c1c(NN)nc2ccccn12. The summed E-state index contributed by atoms with van der Waals surface area (Å²) in [5.74, 6) is 5.45. The zero-order chi connectivity index (χ0) is 14.8. The van der Waals surface area contributed by atoms with Crippen LogP contribution in [0.2, 0.25) is 0 Å². The van der Waals surface area contributed by atoms with Crippen LogP contribution in [0.3, 0.4) is 0 Å². The molecule has 0 saturated heterocycles. The number of nitrogens with two attached hydrogens (primary N) is 1.